The molecular weight excluding hydrogens is 256 g/mol. The smallest absolute Gasteiger partial charge is 0.269 e. The molecule has 1 aromatic carbocycles. The van der Waals surface area contributed by atoms with E-state index in [2.05, 4.69) is 5.32 Å². The molecule has 0 spiro atoms. The minimum Gasteiger partial charge on any atom is -0.389 e. The molecule has 2 N–H and O–H groups in total. The molecule has 20 heavy (non-hydrogen) atoms. The van der Waals surface area contributed by atoms with E-state index in [4.69, 9.17) is 0 Å². The number of nitrogens with zero attached hydrogens (tertiary/aromatic N) is 1. The summed E-state index contributed by atoms with van der Waals surface area (Å²) < 4.78 is 0. The largest absolute Gasteiger partial charge is 0.389 e. The van der Waals surface area contributed by atoms with Gasteiger partial charge in [-0.15, -0.1) is 0 Å². The molecule has 1 saturated carbocycles. The van der Waals surface area contributed by atoms with Gasteiger partial charge < -0.3 is 10.4 Å². The number of nitrogens with one attached hydrogen (secondary N) is 1. The Morgan fingerprint density at radius 1 is 1.25 bits per heavy atom. The highest BCUT2D eigenvalue weighted by Gasteiger charge is 2.45. The van der Waals surface area contributed by atoms with Crippen LogP contribution in [0.4, 0.5) is 5.69 Å². The lowest BCUT2D eigenvalue weighted by Gasteiger charge is -2.48. The molecule has 0 unspecified atom stereocenters. The van der Waals surface area contributed by atoms with Crippen molar-refractivity contribution in [3.63, 3.8) is 0 Å². The first-order valence-electron chi connectivity index (χ1n) is 7.30. The zero-order valence-corrected chi connectivity index (χ0v) is 11.4. The van der Waals surface area contributed by atoms with Crippen molar-refractivity contribution in [3.05, 3.63) is 39.9 Å². The van der Waals surface area contributed by atoms with Crippen molar-refractivity contribution in [2.75, 3.05) is 6.54 Å². The fourth-order valence-corrected chi connectivity index (χ4v) is 3.78. The van der Waals surface area contributed by atoms with Gasteiger partial charge in [0, 0.05) is 24.1 Å². The predicted octanol–water partition coefficient (Wildman–Crippen LogP) is 2.55. The number of fused-ring (bicyclic) bond motifs is 1. The summed E-state index contributed by atoms with van der Waals surface area (Å²) in [4.78, 5) is 10.3. The molecule has 2 fully saturated rings. The highest BCUT2D eigenvalue weighted by molar-refractivity contribution is 5.35. The topological polar surface area (TPSA) is 75.4 Å². The SMILES string of the molecule is O=[N+]([O-])c1ccc([C@H]2NCC[C@]3(O)CCCC[C@@H]23)cc1. The lowest BCUT2D eigenvalue weighted by Crippen LogP contribution is -2.53. The average Bonchev–Trinajstić information content (AvgIpc) is 2.46. The van der Waals surface area contributed by atoms with Gasteiger partial charge in [0.2, 0.25) is 0 Å². The van der Waals surface area contributed by atoms with Crippen LogP contribution in [0.3, 0.4) is 0 Å². The molecule has 0 amide bonds. The molecule has 1 aromatic rings. The molecule has 1 aliphatic heterocycles. The first-order chi connectivity index (χ1) is 9.60. The highest BCUT2D eigenvalue weighted by atomic mass is 16.6. The van der Waals surface area contributed by atoms with Gasteiger partial charge in [0.05, 0.1) is 10.5 Å². The third-order valence-corrected chi connectivity index (χ3v) is 4.85. The Labute approximate surface area is 118 Å². The summed E-state index contributed by atoms with van der Waals surface area (Å²) in [6, 6.07) is 6.84. The third-order valence-electron chi connectivity index (χ3n) is 4.85. The molecule has 0 bridgehead atoms. The Morgan fingerprint density at radius 3 is 2.70 bits per heavy atom. The molecule has 2 aliphatic rings. The van der Waals surface area contributed by atoms with Gasteiger partial charge in [-0.2, -0.15) is 0 Å². The Kier molecular flexibility index (Phi) is 3.48. The first-order valence-corrected chi connectivity index (χ1v) is 7.30. The second kappa shape index (κ2) is 5.14. The van der Waals surface area contributed by atoms with E-state index in [0.29, 0.717) is 0 Å². The van der Waals surface area contributed by atoms with Crippen molar-refractivity contribution in [2.45, 2.75) is 43.7 Å². The molecule has 5 heteroatoms. The average molecular weight is 276 g/mol. The van der Waals surface area contributed by atoms with E-state index in [-0.39, 0.29) is 22.6 Å². The molecule has 0 radical (unpaired) electrons. The number of hydrogen-bond acceptors (Lipinski definition) is 4. The van der Waals surface area contributed by atoms with Gasteiger partial charge in [-0.25, -0.2) is 0 Å². The summed E-state index contributed by atoms with van der Waals surface area (Å²) in [7, 11) is 0. The molecule has 0 aromatic heterocycles. The minimum absolute atomic E-state index is 0.106. The number of rotatable bonds is 2. The van der Waals surface area contributed by atoms with Crippen LogP contribution in [0, 0.1) is 16.0 Å². The van der Waals surface area contributed by atoms with Gasteiger partial charge in [-0.1, -0.05) is 25.0 Å². The zero-order chi connectivity index (χ0) is 14.2. The Hall–Kier alpha value is -1.46. The maximum Gasteiger partial charge on any atom is 0.269 e. The van der Waals surface area contributed by atoms with E-state index >= 15 is 0 Å². The van der Waals surface area contributed by atoms with E-state index in [1.54, 1.807) is 12.1 Å². The van der Waals surface area contributed by atoms with Crippen molar-refractivity contribution in [1.29, 1.82) is 0 Å². The van der Waals surface area contributed by atoms with Gasteiger partial charge in [0.1, 0.15) is 0 Å². The van der Waals surface area contributed by atoms with Crippen molar-refractivity contribution in [1.82, 2.24) is 5.32 Å². The lowest BCUT2D eigenvalue weighted by atomic mass is 9.67. The van der Waals surface area contributed by atoms with Crippen LogP contribution in [-0.4, -0.2) is 22.2 Å². The van der Waals surface area contributed by atoms with E-state index < -0.39 is 5.60 Å². The van der Waals surface area contributed by atoms with Crippen LogP contribution in [0.2, 0.25) is 0 Å². The van der Waals surface area contributed by atoms with Crippen LogP contribution < -0.4 is 5.32 Å². The number of nitro benzene ring substituents is 1. The predicted molar refractivity (Wildman–Crippen MR) is 75.4 cm³/mol. The van der Waals surface area contributed by atoms with Crippen molar-refractivity contribution < 1.29 is 10.0 Å². The summed E-state index contributed by atoms with van der Waals surface area (Å²) in [5.41, 5.74) is 0.597. The molecule has 1 heterocycles. The normalized spacial score (nSPS) is 33.5. The molecule has 3 rings (SSSR count). The van der Waals surface area contributed by atoms with Crippen LogP contribution in [0.25, 0.3) is 0 Å². The number of benzene rings is 1. The van der Waals surface area contributed by atoms with Crippen LogP contribution >= 0.6 is 0 Å². The lowest BCUT2D eigenvalue weighted by molar-refractivity contribution is -0.384. The maximum atomic E-state index is 10.8. The quantitative estimate of drug-likeness (QED) is 0.643. The monoisotopic (exact) mass is 276 g/mol. The fourth-order valence-electron chi connectivity index (χ4n) is 3.78. The second-order valence-corrected chi connectivity index (χ2v) is 5.99. The number of nitro groups is 1. The van der Waals surface area contributed by atoms with Crippen molar-refractivity contribution in [2.24, 2.45) is 5.92 Å². The Balaban J connectivity index is 1.86. The molecule has 1 aliphatic carbocycles. The molecular formula is C15H20N2O3. The van der Waals surface area contributed by atoms with E-state index in [1.807, 2.05) is 12.1 Å². The molecule has 108 valence electrons. The summed E-state index contributed by atoms with van der Waals surface area (Å²) in [5.74, 6) is 0.214. The van der Waals surface area contributed by atoms with Gasteiger partial charge in [-0.05, 0) is 31.4 Å². The van der Waals surface area contributed by atoms with Gasteiger partial charge in [0.15, 0.2) is 0 Å². The number of aliphatic hydroxyl groups is 1. The van der Waals surface area contributed by atoms with Crippen LogP contribution in [-0.2, 0) is 0 Å². The molecule has 5 nitrogen and oxygen atoms in total. The van der Waals surface area contributed by atoms with Gasteiger partial charge in [-0.3, -0.25) is 10.1 Å². The van der Waals surface area contributed by atoms with E-state index in [9.17, 15) is 15.2 Å². The van der Waals surface area contributed by atoms with Crippen molar-refractivity contribution in [3.8, 4) is 0 Å². The highest BCUT2D eigenvalue weighted by Crippen LogP contribution is 2.45. The standard InChI is InChI=1S/C15H20N2O3/c18-15-8-2-1-3-13(15)14(16-10-9-15)11-4-6-12(7-5-11)17(19)20/h4-7,13-14,16,18H,1-3,8-10H2/t13-,14+,15+/m0/s1. The number of non-ortho nitro benzene ring substituents is 1. The van der Waals surface area contributed by atoms with Crippen LogP contribution in [0.5, 0.6) is 0 Å². The third kappa shape index (κ3) is 2.31. The zero-order valence-electron chi connectivity index (χ0n) is 11.4. The second-order valence-electron chi connectivity index (χ2n) is 5.99. The number of hydrogen-bond donors (Lipinski definition) is 2. The minimum atomic E-state index is -0.560. The Bertz CT molecular complexity index is 498. The van der Waals surface area contributed by atoms with Crippen LogP contribution in [0.15, 0.2) is 24.3 Å². The summed E-state index contributed by atoms with van der Waals surface area (Å²) >= 11 is 0. The Morgan fingerprint density at radius 2 is 2.00 bits per heavy atom. The molecule has 1 saturated heterocycles. The summed E-state index contributed by atoms with van der Waals surface area (Å²) in [6.07, 6.45) is 4.95. The molecule has 3 atom stereocenters. The summed E-state index contributed by atoms with van der Waals surface area (Å²) in [5, 5.41) is 25.0. The van der Waals surface area contributed by atoms with Crippen LogP contribution in [0.1, 0.15) is 43.7 Å². The van der Waals surface area contributed by atoms with E-state index in [1.165, 1.54) is 0 Å². The summed E-state index contributed by atoms with van der Waals surface area (Å²) in [6.45, 7) is 0.800. The first kappa shape index (κ1) is 13.5. The maximum absolute atomic E-state index is 10.8. The van der Waals surface area contributed by atoms with E-state index in [0.717, 1.165) is 44.2 Å². The number of piperidine rings is 1. The van der Waals surface area contributed by atoms with Crippen molar-refractivity contribution >= 4 is 5.69 Å². The van der Waals surface area contributed by atoms with Gasteiger partial charge in [0.25, 0.3) is 5.69 Å². The van der Waals surface area contributed by atoms with Gasteiger partial charge >= 0.3 is 0 Å². The fraction of sp³-hybridized carbons (Fsp3) is 0.600.